The van der Waals surface area contributed by atoms with Crippen LogP contribution in [0.15, 0.2) is 29.3 Å². The second kappa shape index (κ2) is 6.90. The summed E-state index contributed by atoms with van der Waals surface area (Å²) in [5.41, 5.74) is 0.190. The molecule has 0 heterocycles. The van der Waals surface area contributed by atoms with Crippen molar-refractivity contribution in [2.45, 2.75) is 53.1 Å². The second-order valence-corrected chi connectivity index (χ2v) is 8.26. The summed E-state index contributed by atoms with van der Waals surface area (Å²) in [5.74, 6) is -1.34. The third-order valence-electron chi connectivity index (χ3n) is 3.87. The van der Waals surface area contributed by atoms with Crippen molar-refractivity contribution in [1.82, 2.24) is 0 Å². The van der Waals surface area contributed by atoms with Crippen LogP contribution in [0.1, 0.15) is 57.8 Å². The molecule has 0 amide bonds. The predicted molar refractivity (Wildman–Crippen MR) is 96.3 cm³/mol. The summed E-state index contributed by atoms with van der Waals surface area (Å²) in [6.07, 6.45) is 2.18. The molecule has 0 atom stereocenters. The van der Waals surface area contributed by atoms with Crippen LogP contribution in [0.2, 0.25) is 0 Å². The number of benzene rings is 1. The largest absolute Gasteiger partial charge is 0.456 e. The molecule has 0 radical (unpaired) electrons. The highest BCUT2D eigenvalue weighted by Crippen LogP contribution is 2.33. The molecule has 134 valence electrons. The minimum absolute atomic E-state index is 0.0876. The van der Waals surface area contributed by atoms with E-state index in [1.807, 2.05) is 34.6 Å². The van der Waals surface area contributed by atoms with Gasteiger partial charge in [-0.05, 0) is 50.5 Å². The average molecular weight is 343 g/mol. The van der Waals surface area contributed by atoms with Gasteiger partial charge in [0.2, 0.25) is 0 Å². The zero-order valence-corrected chi connectivity index (χ0v) is 15.5. The van der Waals surface area contributed by atoms with Crippen molar-refractivity contribution in [3.05, 3.63) is 29.8 Å². The molecule has 5 heteroatoms. The van der Waals surface area contributed by atoms with Crippen LogP contribution in [0.3, 0.4) is 0 Å². The lowest BCUT2D eigenvalue weighted by atomic mass is 9.72. The smallest absolute Gasteiger partial charge is 0.338 e. The predicted octanol–water partition coefficient (Wildman–Crippen LogP) is 3.92. The van der Waals surface area contributed by atoms with Crippen molar-refractivity contribution >= 4 is 29.4 Å². The summed E-state index contributed by atoms with van der Waals surface area (Å²) in [5, 5.41) is 0. The zero-order valence-electron chi connectivity index (χ0n) is 15.5. The van der Waals surface area contributed by atoms with Crippen LogP contribution in [-0.2, 0) is 14.3 Å². The summed E-state index contributed by atoms with van der Waals surface area (Å²) in [4.78, 5) is 40.5. The highest BCUT2D eigenvalue weighted by molar-refractivity contribution is 6.16. The number of hydrogen-bond acceptors (Lipinski definition) is 5. The average Bonchev–Trinajstić information content (AvgIpc) is 2.44. The summed E-state index contributed by atoms with van der Waals surface area (Å²) in [6, 6.07) is 6.57. The van der Waals surface area contributed by atoms with Crippen molar-refractivity contribution in [2.75, 3.05) is 0 Å². The Morgan fingerprint density at radius 1 is 1.12 bits per heavy atom. The Labute approximate surface area is 148 Å². The molecule has 0 spiro atoms. The molecular weight excluding hydrogens is 318 g/mol. The van der Waals surface area contributed by atoms with Gasteiger partial charge in [0.25, 0.3) is 0 Å². The Balaban J connectivity index is 2.06. The third-order valence-corrected chi connectivity index (χ3v) is 3.87. The lowest BCUT2D eigenvalue weighted by Gasteiger charge is -2.30. The van der Waals surface area contributed by atoms with Crippen molar-refractivity contribution in [3.63, 3.8) is 0 Å². The van der Waals surface area contributed by atoms with Gasteiger partial charge in [-0.15, -0.1) is 0 Å². The highest BCUT2D eigenvalue weighted by atomic mass is 16.6. The SMILES string of the molecule is CC1(C)CC(=O)C(C=Nc2ccc(C(=O)OC(C)(C)C)cc2)C(=O)C1. The standard InChI is InChI=1S/C20H25NO4/c1-19(2,3)25-18(24)13-6-8-14(9-7-13)21-12-15-16(22)10-20(4,5)11-17(15)23/h6-9,12,15H,10-11H2,1-5H3. The number of ether oxygens (including phenoxy) is 1. The molecule has 1 aliphatic carbocycles. The zero-order chi connectivity index (χ0) is 18.8. The maximum Gasteiger partial charge on any atom is 0.338 e. The summed E-state index contributed by atoms with van der Waals surface area (Å²) >= 11 is 0. The van der Waals surface area contributed by atoms with Gasteiger partial charge in [0.1, 0.15) is 23.1 Å². The van der Waals surface area contributed by atoms with Crippen molar-refractivity contribution < 1.29 is 19.1 Å². The van der Waals surface area contributed by atoms with Crippen LogP contribution in [0, 0.1) is 11.3 Å². The van der Waals surface area contributed by atoms with E-state index in [2.05, 4.69) is 4.99 Å². The van der Waals surface area contributed by atoms with Crippen LogP contribution in [0.5, 0.6) is 0 Å². The fraction of sp³-hybridized carbons (Fsp3) is 0.500. The van der Waals surface area contributed by atoms with Gasteiger partial charge in [-0.25, -0.2) is 4.79 Å². The maximum absolute atomic E-state index is 12.1. The van der Waals surface area contributed by atoms with E-state index in [1.54, 1.807) is 24.3 Å². The Bertz CT molecular complexity index is 688. The van der Waals surface area contributed by atoms with E-state index in [9.17, 15) is 14.4 Å². The first-order chi connectivity index (χ1) is 11.5. The molecule has 25 heavy (non-hydrogen) atoms. The minimum Gasteiger partial charge on any atom is -0.456 e. The van der Waals surface area contributed by atoms with Crippen LogP contribution in [-0.4, -0.2) is 29.4 Å². The maximum atomic E-state index is 12.1. The van der Waals surface area contributed by atoms with Gasteiger partial charge in [-0.3, -0.25) is 14.6 Å². The fourth-order valence-electron chi connectivity index (χ4n) is 2.75. The Hall–Kier alpha value is -2.30. The van der Waals surface area contributed by atoms with E-state index in [0.29, 0.717) is 24.1 Å². The van der Waals surface area contributed by atoms with E-state index in [0.717, 1.165) is 0 Å². The molecule has 0 saturated heterocycles. The van der Waals surface area contributed by atoms with Crippen molar-refractivity contribution in [1.29, 1.82) is 0 Å². The molecule has 1 aromatic rings. The molecule has 0 unspecified atom stereocenters. The van der Waals surface area contributed by atoms with Crippen LogP contribution >= 0.6 is 0 Å². The summed E-state index contributed by atoms with van der Waals surface area (Å²) in [6.45, 7) is 9.27. The Morgan fingerprint density at radius 2 is 1.64 bits per heavy atom. The number of aliphatic imine (C=N–C) groups is 1. The first kappa shape index (κ1) is 19.0. The lowest BCUT2D eigenvalue weighted by Crippen LogP contribution is -2.38. The third kappa shape index (κ3) is 5.34. The molecule has 5 nitrogen and oxygen atoms in total. The van der Waals surface area contributed by atoms with Gasteiger partial charge < -0.3 is 4.74 Å². The first-order valence-electron chi connectivity index (χ1n) is 8.40. The van der Waals surface area contributed by atoms with Crippen molar-refractivity contribution in [2.24, 2.45) is 16.3 Å². The quantitative estimate of drug-likeness (QED) is 0.474. The van der Waals surface area contributed by atoms with Gasteiger partial charge in [0.05, 0.1) is 11.3 Å². The molecular formula is C20H25NO4. The number of rotatable bonds is 3. The Morgan fingerprint density at radius 3 is 2.12 bits per heavy atom. The lowest BCUT2D eigenvalue weighted by molar-refractivity contribution is -0.136. The van der Waals surface area contributed by atoms with Gasteiger partial charge >= 0.3 is 5.97 Å². The topological polar surface area (TPSA) is 72.8 Å². The molecule has 0 aliphatic heterocycles. The van der Waals surface area contributed by atoms with Crippen LogP contribution in [0.4, 0.5) is 5.69 Å². The van der Waals surface area contributed by atoms with Gasteiger partial charge in [0, 0.05) is 19.1 Å². The number of carbonyl (C=O) groups is 3. The summed E-state index contributed by atoms with van der Waals surface area (Å²) < 4.78 is 5.30. The first-order valence-corrected chi connectivity index (χ1v) is 8.40. The van der Waals surface area contributed by atoms with E-state index in [4.69, 9.17) is 4.74 Å². The van der Waals surface area contributed by atoms with E-state index in [1.165, 1.54) is 6.21 Å². The minimum atomic E-state index is -0.765. The molecule has 0 N–H and O–H groups in total. The normalized spacial score (nSPS) is 18.6. The molecule has 0 aromatic heterocycles. The van der Waals surface area contributed by atoms with Crippen molar-refractivity contribution in [3.8, 4) is 0 Å². The van der Waals surface area contributed by atoms with Crippen LogP contribution in [0.25, 0.3) is 0 Å². The number of esters is 1. The van der Waals surface area contributed by atoms with E-state index >= 15 is 0 Å². The van der Waals surface area contributed by atoms with Gasteiger partial charge in [-0.2, -0.15) is 0 Å². The summed E-state index contributed by atoms with van der Waals surface area (Å²) in [7, 11) is 0. The van der Waals surface area contributed by atoms with Gasteiger partial charge in [-0.1, -0.05) is 13.8 Å². The number of ketones is 2. The molecule has 1 fully saturated rings. The molecule has 2 rings (SSSR count). The molecule has 1 saturated carbocycles. The Kier molecular flexibility index (Phi) is 5.26. The monoisotopic (exact) mass is 343 g/mol. The van der Waals surface area contributed by atoms with E-state index < -0.39 is 17.5 Å². The number of hydrogen-bond donors (Lipinski definition) is 0. The molecule has 1 aromatic carbocycles. The number of Topliss-reactive ketones (excluding diaryl/α,β-unsaturated/α-hetero) is 2. The van der Waals surface area contributed by atoms with E-state index in [-0.39, 0.29) is 17.0 Å². The second-order valence-electron chi connectivity index (χ2n) is 8.26. The number of carbonyl (C=O) groups excluding carboxylic acids is 3. The van der Waals surface area contributed by atoms with Crippen LogP contribution < -0.4 is 0 Å². The molecule has 1 aliphatic rings. The highest BCUT2D eigenvalue weighted by Gasteiger charge is 2.38. The number of nitrogens with zero attached hydrogens (tertiary/aromatic N) is 1. The van der Waals surface area contributed by atoms with Gasteiger partial charge in [0.15, 0.2) is 0 Å². The fourth-order valence-corrected chi connectivity index (χ4v) is 2.75. The molecule has 0 bridgehead atoms.